The van der Waals surface area contributed by atoms with Gasteiger partial charge < -0.3 is 9.84 Å². The first kappa shape index (κ1) is 25.7. The summed E-state index contributed by atoms with van der Waals surface area (Å²) < 4.78 is 73.3. The zero-order valence-corrected chi connectivity index (χ0v) is 20.7. The number of alkyl halides is 3. The van der Waals surface area contributed by atoms with Crippen molar-refractivity contribution in [2.75, 3.05) is 5.75 Å². The summed E-state index contributed by atoms with van der Waals surface area (Å²) in [5.41, 5.74) is -1.22. The first-order valence-electron chi connectivity index (χ1n) is 11.1. The van der Waals surface area contributed by atoms with Crippen molar-refractivity contribution in [3.63, 3.8) is 0 Å². The van der Waals surface area contributed by atoms with E-state index in [1.54, 1.807) is 67.8 Å². The minimum atomic E-state index is -4.53. The summed E-state index contributed by atoms with van der Waals surface area (Å²) in [4.78, 5) is 4.23. The van der Waals surface area contributed by atoms with Gasteiger partial charge in [0, 0.05) is 6.07 Å². The smallest absolute Gasteiger partial charge is 0.418 e. The number of ether oxygens (including phenoxy) is 1. The van der Waals surface area contributed by atoms with Crippen molar-refractivity contribution in [3.05, 3.63) is 78.1 Å². The van der Waals surface area contributed by atoms with E-state index >= 15 is 0 Å². The molecule has 1 aromatic heterocycles. The molecule has 1 N–H and O–H groups in total. The number of hydrogen-bond acceptors (Lipinski definition) is 5. The van der Waals surface area contributed by atoms with Gasteiger partial charge >= 0.3 is 6.18 Å². The third-order valence-corrected chi connectivity index (χ3v) is 7.33. The van der Waals surface area contributed by atoms with Crippen LogP contribution < -0.4 is 4.74 Å². The van der Waals surface area contributed by atoms with Crippen LogP contribution in [0.2, 0.25) is 0 Å². The van der Waals surface area contributed by atoms with Crippen LogP contribution in [0.25, 0.3) is 16.7 Å². The molecule has 0 fully saturated rings. The summed E-state index contributed by atoms with van der Waals surface area (Å²) in [7, 11) is -3.64. The van der Waals surface area contributed by atoms with E-state index in [0.717, 1.165) is 6.07 Å². The lowest BCUT2D eigenvalue weighted by atomic mass is 10.1. The predicted molar refractivity (Wildman–Crippen MR) is 130 cm³/mol. The van der Waals surface area contributed by atoms with Crippen molar-refractivity contribution in [1.29, 1.82) is 0 Å². The van der Waals surface area contributed by atoms with E-state index in [2.05, 4.69) is 4.98 Å². The van der Waals surface area contributed by atoms with Crippen LogP contribution in [0.5, 0.6) is 11.5 Å². The molecule has 10 heteroatoms. The Morgan fingerprint density at radius 3 is 2.28 bits per heavy atom. The quantitative estimate of drug-likeness (QED) is 0.321. The number of imidazole rings is 1. The minimum Gasteiger partial charge on any atom is -0.457 e. The predicted octanol–water partition coefficient (Wildman–Crippen LogP) is 6.08. The van der Waals surface area contributed by atoms with Crippen molar-refractivity contribution in [3.8, 4) is 17.2 Å². The topological polar surface area (TPSA) is 81.4 Å². The Bertz CT molecular complexity index is 1520. The molecule has 0 aliphatic carbocycles. The summed E-state index contributed by atoms with van der Waals surface area (Å²) in [6, 6.07) is 16.7. The molecule has 0 radical (unpaired) electrons. The molecule has 1 heterocycles. The lowest BCUT2D eigenvalue weighted by molar-refractivity contribution is -0.136. The Balaban J connectivity index is 1.65. The number of hydrogen-bond donors (Lipinski definition) is 1. The maximum Gasteiger partial charge on any atom is 0.418 e. The van der Waals surface area contributed by atoms with E-state index in [4.69, 9.17) is 4.74 Å². The van der Waals surface area contributed by atoms with Crippen molar-refractivity contribution in [2.45, 2.75) is 43.9 Å². The normalized spacial score (nSPS) is 12.8. The minimum absolute atomic E-state index is 0.0662. The van der Waals surface area contributed by atoms with Gasteiger partial charge in [-0.1, -0.05) is 18.2 Å². The molecule has 0 spiro atoms. The van der Waals surface area contributed by atoms with Crippen LogP contribution in [-0.4, -0.2) is 34.4 Å². The van der Waals surface area contributed by atoms with Gasteiger partial charge in [0.15, 0.2) is 9.84 Å². The van der Waals surface area contributed by atoms with Crippen LogP contribution in [0.15, 0.2) is 71.6 Å². The Morgan fingerprint density at radius 2 is 1.61 bits per heavy atom. The highest BCUT2D eigenvalue weighted by Gasteiger charge is 2.34. The highest BCUT2D eigenvalue weighted by Crippen LogP contribution is 2.36. The summed E-state index contributed by atoms with van der Waals surface area (Å²) >= 11 is 0. The van der Waals surface area contributed by atoms with E-state index in [1.165, 1.54) is 18.2 Å². The van der Waals surface area contributed by atoms with Crippen LogP contribution >= 0.6 is 0 Å². The van der Waals surface area contributed by atoms with Gasteiger partial charge in [-0.25, -0.2) is 13.4 Å². The summed E-state index contributed by atoms with van der Waals surface area (Å²) in [6.07, 6.45) is -4.45. The van der Waals surface area contributed by atoms with E-state index in [-0.39, 0.29) is 28.3 Å². The van der Waals surface area contributed by atoms with Gasteiger partial charge in [-0.3, -0.25) is 4.57 Å². The van der Waals surface area contributed by atoms with Crippen LogP contribution in [-0.2, 0) is 16.0 Å². The highest BCUT2D eigenvalue weighted by atomic mass is 32.2. The average molecular weight is 519 g/mol. The molecule has 36 heavy (non-hydrogen) atoms. The number of aromatic nitrogens is 2. The summed E-state index contributed by atoms with van der Waals surface area (Å²) in [5.74, 6) is 0.802. The maximum absolute atomic E-state index is 13.5. The summed E-state index contributed by atoms with van der Waals surface area (Å²) in [6.45, 7) is 4.71. The summed E-state index contributed by atoms with van der Waals surface area (Å²) in [5, 5.41) is 9.87. The first-order valence-corrected chi connectivity index (χ1v) is 12.8. The molecular formula is C26H25F3N2O4S. The molecular weight excluding hydrogens is 493 g/mol. The molecule has 6 nitrogen and oxygen atoms in total. The largest absolute Gasteiger partial charge is 0.457 e. The zero-order chi connectivity index (χ0) is 26.3. The number of sulfone groups is 1. The third kappa shape index (κ3) is 5.55. The van der Waals surface area contributed by atoms with Crippen LogP contribution in [0.4, 0.5) is 13.2 Å². The van der Waals surface area contributed by atoms with Gasteiger partial charge in [-0.2, -0.15) is 13.2 Å². The van der Waals surface area contributed by atoms with Crippen molar-refractivity contribution in [2.24, 2.45) is 0 Å². The third-order valence-electron chi connectivity index (χ3n) is 5.62. The molecule has 0 saturated carbocycles. The van der Waals surface area contributed by atoms with Crippen molar-refractivity contribution < 1.29 is 31.4 Å². The van der Waals surface area contributed by atoms with Gasteiger partial charge in [-0.05, 0) is 69.7 Å². The van der Waals surface area contributed by atoms with Crippen molar-refractivity contribution in [1.82, 2.24) is 9.55 Å². The fraction of sp³-hybridized carbons (Fsp3) is 0.269. The second-order valence-electron chi connectivity index (χ2n) is 9.12. The molecule has 0 atom stereocenters. The monoisotopic (exact) mass is 518 g/mol. The highest BCUT2D eigenvalue weighted by molar-refractivity contribution is 7.91. The first-order chi connectivity index (χ1) is 16.7. The molecule has 4 rings (SSSR count). The molecule has 0 unspecified atom stereocenters. The molecule has 0 aliphatic rings. The molecule has 0 amide bonds. The molecule has 0 aliphatic heterocycles. The van der Waals surface area contributed by atoms with Gasteiger partial charge in [-0.15, -0.1) is 0 Å². The fourth-order valence-corrected chi connectivity index (χ4v) is 5.41. The number of rotatable bonds is 7. The zero-order valence-electron chi connectivity index (χ0n) is 19.9. The Kier molecular flexibility index (Phi) is 6.61. The van der Waals surface area contributed by atoms with Gasteiger partial charge in [0.1, 0.15) is 22.8 Å². The van der Waals surface area contributed by atoms with E-state index in [1.807, 2.05) is 0 Å². The number of aryl methyl sites for hydroxylation is 1. The number of fused-ring (bicyclic) bond motifs is 1. The number of nitrogens with zero attached hydrogens (tertiary/aromatic N) is 2. The van der Waals surface area contributed by atoms with Crippen LogP contribution in [0.1, 0.15) is 31.7 Å². The van der Waals surface area contributed by atoms with E-state index in [0.29, 0.717) is 22.8 Å². The van der Waals surface area contributed by atoms with Crippen LogP contribution in [0.3, 0.4) is 0 Å². The number of benzene rings is 3. The number of para-hydroxylation sites is 1. The van der Waals surface area contributed by atoms with Crippen LogP contribution in [0, 0.1) is 6.92 Å². The number of halogens is 3. The lowest BCUT2D eigenvalue weighted by Crippen LogP contribution is -2.23. The molecule has 0 saturated heterocycles. The van der Waals surface area contributed by atoms with Crippen molar-refractivity contribution >= 4 is 20.9 Å². The molecule has 3 aromatic carbocycles. The van der Waals surface area contributed by atoms with E-state index < -0.39 is 27.2 Å². The SMILES string of the molecule is Cc1nc2c(C(F)(F)F)cccc2n1-c1cccc(Oc2cccc(S(=O)(=O)CCC(C)(C)O)c2)c1. The van der Waals surface area contributed by atoms with E-state index in [9.17, 15) is 26.7 Å². The number of aliphatic hydroxyl groups is 1. The average Bonchev–Trinajstić information content (AvgIpc) is 3.12. The molecule has 0 bridgehead atoms. The second kappa shape index (κ2) is 9.25. The fourth-order valence-electron chi connectivity index (χ4n) is 3.83. The molecule has 4 aromatic rings. The Morgan fingerprint density at radius 1 is 0.972 bits per heavy atom. The van der Waals surface area contributed by atoms with Gasteiger partial charge in [0.2, 0.25) is 0 Å². The van der Waals surface area contributed by atoms with Gasteiger partial charge in [0.25, 0.3) is 0 Å². The molecule has 190 valence electrons. The maximum atomic E-state index is 13.5. The Hall–Kier alpha value is -3.37. The second-order valence-corrected chi connectivity index (χ2v) is 11.2. The standard InChI is InChI=1S/C26H25F3N2O4S/c1-17-30-24-22(26(27,28)29)11-6-12-23(24)31(17)18-7-4-8-19(15-18)35-20-9-5-10-21(16-20)36(33,34)14-13-25(2,3)32/h4-12,15-16,32H,13-14H2,1-3H3. The lowest BCUT2D eigenvalue weighted by Gasteiger charge is -2.17. The van der Waals surface area contributed by atoms with Gasteiger partial charge in [0.05, 0.1) is 33.0 Å². The Labute approximate surface area is 206 Å².